The molecular formula is C12H15Cl2NO3S. The Hall–Kier alpha value is -0.780. The van der Waals surface area contributed by atoms with Crippen LogP contribution in [0.3, 0.4) is 0 Å². The van der Waals surface area contributed by atoms with Crippen LogP contribution in [0.1, 0.15) is 30.6 Å². The van der Waals surface area contributed by atoms with Crippen molar-refractivity contribution in [3.63, 3.8) is 0 Å². The van der Waals surface area contributed by atoms with E-state index in [2.05, 4.69) is 5.32 Å². The SMILES string of the molecule is CC(C)CCNC(=O)c1cc(S(=O)(=O)Cl)ccc1Cl. The molecule has 0 saturated heterocycles. The predicted molar refractivity (Wildman–Crippen MR) is 76.3 cm³/mol. The maximum Gasteiger partial charge on any atom is 0.261 e. The highest BCUT2D eigenvalue weighted by atomic mass is 35.7. The van der Waals surface area contributed by atoms with Crippen molar-refractivity contribution >= 4 is 37.2 Å². The molecule has 1 amide bonds. The lowest BCUT2D eigenvalue weighted by molar-refractivity contribution is 0.0952. The molecule has 0 radical (unpaired) electrons. The van der Waals surface area contributed by atoms with Gasteiger partial charge in [-0.3, -0.25) is 4.79 Å². The Bertz CT molecular complexity index is 570. The molecule has 0 aliphatic rings. The van der Waals surface area contributed by atoms with E-state index < -0.39 is 15.0 Å². The third-order valence-corrected chi connectivity index (χ3v) is 4.15. The zero-order chi connectivity index (χ0) is 14.6. The molecular weight excluding hydrogens is 309 g/mol. The van der Waals surface area contributed by atoms with Gasteiger partial charge >= 0.3 is 0 Å². The zero-order valence-electron chi connectivity index (χ0n) is 10.6. The average molecular weight is 324 g/mol. The second-order valence-corrected chi connectivity index (χ2v) is 7.49. The summed E-state index contributed by atoms with van der Waals surface area (Å²) in [5.74, 6) is 0.0538. The summed E-state index contributed by atoms with van der Waals surface area (Å²) in [5.41, 5.74) is 0.104. The number of carbonyl (C=O) groups is 1. The first-order chi connectivity index (χ1) is 8.71. The summed E-state index contributed by atoms with van der Waals surface area (Å²) in [5, 5.41) is 2.87. The molecule has 19 heavy (non-hydrogen) atoms. The fraction of sp³-hybridized carbons (Fsp3) is 0.417. The molecule has 0 heterocycles. The van der Waals surface area contributed by atoms with Gasteiger partial charge in [-0.15, -0.1) is 0 Å². The number of hydrogen-bond donors (Lipinski definition) is 1. The van der Waals surface area contributed by atoms with Crippen LogP contribution in [-0.2, 0) is 9.05 Å². The normalized spacial score (nSPS) is 11.6. The minimum absolute atomic E-state index is 0.104. The van der Waals surface area contributed by atoms with Crippen LogP contribution in [0.2, 0.25) is 5.02 Å². The molecule has 4 nitrogen and oxygen atoms in total. The molecule has 1 aromatic carbocycles. The highest BCUT2D eigenvalue weighted by molar-refractivity contribution is 8.13. The quantitative estimate of drug-likeness (QED) is 0.847. The smallest absolute Gasteiger partial charge is 0.261 e. The van der Waals surface area contributed by atoms with E-state index in [9.17, 15) is 13.2 Å². The lowest BCUT2D eigenvalue weighted by Crippen LogP contribution is -2.25. The Morgan fingerprint density at radius 1 is 1.37 bits per heavy atom. The van der Waals surface area contributed by atoms with Gasteiger partial charge in [-0.2, -0.15) is 0 Å². The predicted octanol–water partition coefficient (Wildman–Crippen LogP) is 3.04. The number of halogens is 2. The summed E-state index contributed by atoms with van der Waals surface area (Å²) in [6.07, 6.45) is 0.830. The fourth-order valence-corrected chi connectivity index (χ4v) is 2.38. The lowest BCUT2D eigenvalue weighted by atomic mass is 10.1. The fourth-order valence-electron chi connectivity index (χ4n) is 1.40. The number of benzene rings is 1. The van der Waals surface area contributed by atoms with E-state index in [1.54, 1.807) is 0 Å². The minimum Gasteiger partial charge on any atom is -0.352 e. The molecule has 0 saturated carbocycles. The summed E-state index contributed by atoms with van der Waals surface area (Å²) in [7, 11) is 1.35. The third kappa shape index (κ3) is 5.01. The molecule has 0 unspecified atom stereocenters. The van der Waals surface area contributed by atoms with Crippen molar-refractivity contribution in [2.45, 2.75) is 25.2 Å². The summed E-state index contributed by atoms with van der Waals surface area (Å²) in [4.78, 5) is 11.7. The van der Waals surface area contributed by atoms with Crippen LogP contribution >= 0.6 is 22.3 Å². The first-order valence-electron chi connectivity index (χ1n) is 5.74. The van der Waals surface area contributed by atoms with E-state index >= 15 is 0 Å². The Kier molecular flexibility index (Phi) is 5.64. The summed E-state index contributed by atoms with van der Waals surface area (Å²) in [6, 6.07) is 3.78. The van der Waals surface area contributed by atoms with Crippen molar-refractivity contribution in [1.29, 1.82) is 0 Å². The van der Waals surface area contributed by atoms with E-state index in [1.165, 1.54) is 18.2 Å². The largest absolute Gasteiger partial charge is 0.352 e. The maximum absolute atomic E-state index is 11.9. The van der Waals surface area contributed by atoms with Crippen molar-refractivity contribution in [1.82, 2.24) is 5.32 Å². The molecule has 0 fully saturated rings. The highest BCUT2D eigenvalue weighted by Gasteiger charge is 2.16. The lowest BCUT2D eigenvalue weighted by Gasteiger charge is -2.09. The maximum atomic E-state index is 11.9. The first-order valence-corrected chi connectivity index (χ1v) is 8.43. The van der Waals surface area contributed by atoms with Crippen LogP contribution in [0.15, 0.2) is 23.1 Å². The molecule has 0 aliphatic carbocycles. The Labute approximate surface area is 122 Å². The van der Waals surface area contributed by atoms with Crippen molar-refractivity contribution in [2.24, 2.45) is 5.92 Å². The van der Waals surface area contributed by atoms with E-state index in [4.69, 9.17) is 22.3 Å². The molecule has 1 aromatic rings. The Balaban J connectivity index is 2.90. The monoisotopic (exact) mass is 323 g/mol. The van der Waals surface area contributed by atoms with Gasteiger partial charge < -0.3 is 5.32 Å². The number of hydrogen-bond acceptors (Lipinski definition) is 3. The molecule has 1 N–H and O–H groups in total. The molecule has 0 aliphatic heterocycles. The summed E-state index contributed by atoms with van der Waals surface area (Å²) >= 11 is 5.88. The number of amides is 1. The van der Waals surface area contributed by atoms with Crippen LogP contribution in [0.25, 0.3) is 0 Å². The second-order valence-electron chi connectivity index (χ2n) is 4.52. The van der Waals surface area contributed by atoms with E-state index in [0.29, 0.717) is 12.5 Å². The molecule has 0 aromatic heterocycles. The van der Waals surface area contributed by atoms with Crippen molar-refractivity contribution in [3.05, 3.63) is 28.8 Å². The van der Waals surface area contributed by atoms with Gasteiger partial charge in [0, 0.05) is 17.2 Å². The Morgan fingerprint density at radius 3 is 2.53 bits per heavy atom. The minimum atomic E-state index is -3.88. The van der Waals surface area contributed by atoms with E-state index in [-0.39, 0.29) is 15.5 Å². The molecule has 106 valence electrons. The summed E-state index contributed by atoms with van der Waals surface area (Å²) in [6.45, 7) is 4.59. The molecule has 0 atom stereocenters. The standard InChI is InChI=1S/C12H15Cl2NO3S/c1-8(2)5-6-15-12(16)10-7-9(19(14,17)18)3-4-11(10)13/h3-4,7-8H,5-6H2,1-2H3,(H,15,16). The van der Waals surface area contributed by atoms with Crippen LogP contribution < -0.4 is 5.32 Å². The number of carbonyl (C=O) groups excluding carboxylic acids is 1. The van der Waals surface area contributed by atoms with E-state index in [1.807, 2.05) is 13.8 Å². The van der Waals surface area contributed by atoms with Crippen LogP contribution in [0.4, 0.5) is 0 Å². The second kappa shape index (κ2) is 6.59. The van der Waals surface area contributed by atoms with Gasteiger partial charge in [-0.1, -0.05) is 25.4 Å². The van der Waals surface area contributed by atoms with Gasteiger partial charge in [0.05, 0.1) is 15.5 Å². The van der Waals surface area contributed by atoms with Gasteiger partial charge in [0.2, 0.25) is 0 Å². The topological polar surface area (TPSA) is 63.2 Å². The van der Waals surface area contributed by atoms with Gasteiger partial charge in [-0.25, -0.2) is 8.42 Å². The number of nitrogens with one attached hydrogen (secondary N) is 1. The third-order valence-electron chi connectivity index (χ3n) is 2.47. The van der Waals surface area contributed by atoms with Crippen LogP contribution in [0.5, 0.6) is 0 Å². The molecule has 1 rings (SSSR count). The van der Waals surface area contributed by atoms with Crippen molar-refractivity contribution < 1.29 is 13.2 Å². The van der Waals surface area contributed by atoms with Gasteiger partial charge in [0.15, 0.2) is 0 Å². The molecule has 7 heteroatoms. The molecule has 0 spiro atoms. The van der Waals surface area contributed by atoms with Gasteiger partial charge in [-0.05, 0) is 30.5 Å². The zero-order valence-corrected chi connectivity index (χ0v) is 12.9. The van der Waals surface area contributed by atoms with Crippen LogP contribution in [0, 0.1) is 5.92 Å². The first kappa shape index (κ1) is 16.3. The highest BCUT2D eigenvalue weighted by Crippen LogP contribution is 2.22. The number of rotatable bonds is 5. The van der Waals surface area contributed by atoms with Gasteiger partial charge in [0.25, 0.3) is 15.0 Å². The Morgan fingerprint density at radius 2 is 2.00 bits per heavy atom. The summed E-state index contributed by atoms with van der Waals surface area (Å²) < 4.78 is 22.4. The van der Waals surface area contributed by atoms with Crippen molar-refractivity contribution in [2.75, 3.05) is 6.54 Å². The molecule has 0 bridgehead atoms. The van der Waals surface area contributed by atoms with Crippen LogP contribution in [-0.4, -0.2) is 20.9 Å². The van der Waals surface area contributed by atoms with E-state index in [0.717, 1.165) is 6.42 Å². The van der Waals surface area contributed by atoms with Gasteiger partial charge in [0.1, 0.15) is 0 Å². The van der Waals surface area contributed by atoms with Crippen molar-refractivity contribution in [3.8, 4) is 0 Å². The average Bonchev–Trinajstić information content (AvgIpc) is 2.27.